The molecule has 0 saturated heterocycles. The molecule has 0 aromatic heterocycles. The summed E-state index contributed by atoms with van der Waals surface area (Å²) >= 11 is 0. The minimum absolute atomic E-state index is 0.514. The third-order valence-electron chi connectivity index (χ3n) is 7.67. The lowest BCUT2D eigenvalue weighted by Crippen LogP contribution is -2.59. The molecule has 5 aliphatic carbocycles. The van der Waals surface area contributed by atoms with Crippen LogP contribution in [0.5, 0.6) is 0 Å². The van der Waals surface area contributed by atoms with E-state index in [0.717, 1.165) is 23.7 Å². The van der Waals surface area contributed by atoms with E-state index in [4.69, 9.17) is 5.73 Å². The Morgan fingerprint density at radius 2 is 1.55 bits per heavy atom. The maximum Gasteiger partial charge on any atom is 0.0124 e. The summed E-state index contributed by atoms with van der Waals surface area (Å²) in [6.45, 7) is 5.00. The molecule has 0 radical (unpaired) electrons. The Kier molecular flexibility index (Phi) is 3.05. The van der Waals surface area contributed by atoms with E-state index in [2.05, 4.69) is 13.8 Å². The van der Waals surface area contributed by atoms with Gasteiger partial charge >= 0.3 is 0 Å². The molecule has 0 amide bonds. The second kappa shape index (κ2) is 4.48. The van der Waals surface area contributed by atoms with Gasteiger partial charge in [0, 0.05) is 6.04 Å². The first-order valence-electron chi connectivity index (χ1n) is 9.24. The normalized spacial score (nSPS) is 56.0. The van der Waals surface area contributed by atoms with Crippen molar-refractivity contribution < 1.29 is 0 Å². The fraction of sp³-hybridized carbons (Fsp3) is 1.00. The third-order valence-corrected chi connectivity index (χ3v) is 7.67. The zero-order valence-electron chi connectivity index (χ0n) is 13.5. The van der Waals surface area contributed by atoms with Crippen LogP contribution >= 0.6 is 0 Å². The van der Waals surface area contributed by atoms with Crippen LogP contribution in [0.3, 0.4) is 0 Å². The van der Waals surface area contributed by atoms with Crippen LogP contribution in [0, 0.1) is 34.5 Å². The number of rotatable bonds is 2. The highest BCUT2D eigenvalue weighted by Gasteiger charge is 2.58. The monoisotopic (exact) mass is 275 g/mol. The molecular weight excluding hydrogens is 242 g/mol. The Morgan fingerprint density at radius 1 is 0.950 bits per heavy atom. The van der Waals surface area contributed by atoms with E-state index < -0.39 is 0 Å². The highest BCUT2D eigenvalue weighted by atomic mass is 14.8. The Hall–Kier alpha value is -0.0400. The maximum absolute atomic E-state index is 6.95. The molecule has 0 aromatic rings. The van der Waals surface area contributed by atoms with Crippen molar-refractivity contribution in [2.75, 3.05) is 0 Å². The van der Waals surface area contributed by atoms with Crippen LogP contribution in [0.15, 0.2) is 0 Å². The summed E-state index contributed by atoms with van der Waals surface area (Å²) in [7, 11) is 0. The van der Waals surface area contributed by atoms with E-state index in [9.17, 15) is 0 Å². The molecule has 4 bridgehead atoms. The fourth-order valence-corrected chi connectivity index (χ4v) is 7.33. The van der Waals surface area contributed by atoms with Crippen molar-refractivity contribution in [1.82, 2.24) is 0 Å². The molecule has 0 aliphatic heterocycles. The van der Waals surface area contributed by atoms with E-state index in [1.165, 1.54) is 64.2 Å². The first-order valence-corrected chi connectivity index (χ1v) is 9.24. The lowest BCUT2D eigenvalue weighted by Gasteiger charge is -2.64. The van der Waals surface area contributed by atoms with Gasteiger partial charge in [0.25, 0.3) is 0 Å². The molecule has 0 aromatic carbocycles. The summed E-state index contributed by atoms with van der Waals surface area (Å²) in [5.74, 6) is 3.84. The molecule has 0 heterocycles. The van der Waals surface area contributed by atoms with Gasteiger partial charge in [-0.25, -0.2) is 0 Å². The van der Waals surface area contributed by atoms with E-state index in [-0.39, 0.29) is 0 Å². The minimum atomic E-state index is 0.514. The van der Waals surface area contributed by atoms with Gasteiger partial charge in [0.2, 0.25) is 0 Å². The van der Waals surface area contributed by atoms with Crippen molar-refractivity contribution in [3.63, 3.8) is 0 Å². The maximum atomic E-state index is 6.95. The summed E-state index contributed by atoms with van der Waals surface area (Å²) < 4.78 is 0. The van der Waals surface area contributed by atoms with Gasteiger partial charge < -0.3 is 5.73 Å². The average molecular weight is 275 g/mol. The Bertz CT molecular complexity index is 365. The second-order valence-corrected chi connectivity index (χ2v) is 9.68. The van der Waals surface area contributed by atoms with Crippen LogP contribution in [0.25, 0.3) is 0 Å². The first-order chi connectivity index (χ1) is 9.48. The minimum Gasteiger partial charge on any atom is -0.327 e. The standard InChI is InChI=1S/C19H33N/c1-13-3-5-16(6-4-13)17(20)19-10-14-7-15(11-19)9-18(2,8-14)12-19/h13-17H,3-12,20H2,1-2H3. The van der Waals surface area contributed by atoms with E-state index in [1.54, 1.807) is 0 Å². The van der Waals surface area contributed by atoms with Crippen molar-refractivity contribution in [2.24, 2.45) is 40.2 Å². The predicted octanol–water partition coefficient (Wildman–Crippen LogP) is 4.75. The van der Waals surface area contributed by atoms with Gasteiger partial charge in [-0.15, -0.1) is 0 Å². The highest BCUT2D eigenvalue weighted by molar-refractivity contribution is 5.10. The summed E-state index contributed by atoms with van der Waals surface area (Å²) in [6.07, 6.45) is 14.7. The van der Waals surface area contributed by atoms with E-state index in [0.29, 0.717) is 16.9 Å². The van der Waals surface area contributed by atoms with Crippen LogP contribution < -0.4 is 5.73 Å². The van der Waals surface area contributed by atoms with Crippen LogP contribution in [0.4, 0.5) is 0 Å². The van der Waals surface area contributed by atoms with Gasteiger partial charge in [-0.3, -0.25) is 0 Å². The van der Waals surface area contributed by atoms with Gasteiger partial charge in [0.1, 0.15) is 0 Å². The lowest BCUT2D eigenvalue weighted by molar-refractivity contribution is -0.122. The molecule has 20 heavy (non-hydrogen) atoms. The third kappa shape index (κ3) is 2.07. The van der Waals surface area contributed by atoms with Gasteiger partial charge in [0.05, 0.1) is 0 Å². The van der Waals surface area contributed by atoms with Crippen LogP contribution in [0.2, 0.25) is 0 Å². The van der Waals surface area contributed by atoms with E-state index >= 15 is 0 Å². The highest BCUT2D eigenvalue weighted by Crippen LogP contribution is 2.66. The van der Waals surface area contributed by atoms with Gasteiger partial charge in [0.15, 0.2) is 0 Å². The fourth-order valence-electron chi connectivity index (χ4n) is 7.33. The molecular formula is C19H33N. The quantitative estimate of drug-likeness (QED) is 0.773. The molecule has 2 N–H and O–H groups in total. The Morgan fingerprint density at radius 3 is 2.10 bits per heavy atom. The molecule has 1 heteroatoms. The van der Waals surface area contributed by atoms with E-state index in [1.807, 2.05) is 0 Å². The van der Waals surface area contributed by atoms with Crippen LogP contribution in [-0.4, -0.2) is 6.04 Å². The lowest BCUT2D eigenvalue weighted by atomic mass is 9.42. The van der Waals surface area contributed by atoms with Crippen LogP contribution in [0.1, 0.15) is 78.1 Å². The largest absolute Gasteiger partial charge is 0.327 e. The summed E-state index contributed by atoms with van der Waals surface area (Å²) in [5, 5.41) is 0. The van der Waals surface area contributed by atoms with Crippen molar-refractivity contribution in [3.8, 4) is 0 Å². The summed E-state index contributed by atoms with van der Waals surface area (Å²) in [5.41, 5.74) is 8.15. The molecule has 3 atom stereocenters. The first kappa shape index (κ1) is 13.6. The van der Waals surface area contributed by atoms with Gasteiger partial charge in [-0.2, -0.15) is 0 Å². The number of hydrogen-bond donors (Lipinski definition) is 1. The SMILES string of the molecule is CC1CCC(C(N)C23CC4CC(CC(C)(C4)C2)C3)CC1. The van der Waals surface area contributed by atoms with Crippen LogP contribution in [-0.2, 0) is 0 Å². The predicted molar refractivity (Wildman–Crippen MR) is 84.3 cm³/mol. The Balaban J connectivity index is 1.55. The molecule has 5 rings (SSSR count). The number of nitrogens with two attached hydrogens (primary N) is 1. The summed E-state index contributed by atoms with van der Waals surface area (Å²) in [6, 6.07) is 0.514. The zero-order valence-corrected chi connectivity index (χ0v) is 13.5. The zero-order chi connectivity index (χ0) is 14.0. The average Bonchev–Trinajstić information content (AvgIpc) is 2.36. The molecule has 5 fully saturated rings. The smallest absolute Gasteiger partial charge is 0.0124 e. The topological polar surface area (TPSA) is 26.0 Å². The van der Waals surface area contributed by atoms with Crippen molar-refractivity contribution in [1.29, 1.82) is 0 Å². The molecule has 3 unspecified atom stereocenters. The number of hydrogen-bond acceptors (Lipinski definition) is 1. The summed E-state index contributed by atoms with van der Waals surface area (Å²) in [4.78, 5) is 0. The molecule has 0 spiro atoms. The molecule has 114 valence electrons. The second-order valence-electron chi connectivity index (χ2n) is 9.68. The van der Waals surface area contributed by atoms with Gasteiger partial charge in [-0.1, -0.05) is 26.7 Å². The van der Waals surface area contributed by atoms with Gasteiger partial charge in [-0.05, 0) is 85.9 Å². The molecule has 1 nitrogen and oxygen atoms in total. The molecule has 5 aliphatic rings. The molecule has 5 saturated carbocycles. The van der Waals surface area contributed by atoms with Crippen molar-refractivity contribution in [2.45, 2.75) is 84.1 Å². The van der Waals surface area contributed by atoms with Crippen molar-refractivity contribution >= 4 is 0 Å². The van der Waals surface area contributed by atoms with Crippen molar-refractivity contribution in [3.05, 3.63) is 0 Å². The Labute approximate surface area is 125 Å².